The molecule has 0 spiro atoms. The smallest absolute Gasteiger partial charge is 0.253 e. The number of carbonyl (C=O) groups excluding carboxylic acids is 1. The average Bonchev–Trinajstić information content (AvgIpc) is 2.98. The molecule has 0 saturated heterocycles. The van der Waals surface area contributed by atoms with Gasteiger partial charge in [-0.2, -0.15) is 0 Å². The molecule has 23 heavy (non-hydrogen) atoms. The Balaban J connectivity index is 1.76. The molecular formula is C17H14ClFN2O2. The largest absolute Gasteiger partial charge is 0.387 e. The lowest BCUT2D eigenvalue weighted by atomic mass is 10.1. The molecule has 3 rings (SSSR count). The zero-order valence-electron chi connectivity index (χ0n) is 12.0. The lowest BCUT2D eigenvalue weighted by Gasteiger charge is -2.13. The first-order chi connectivity index (χ1) is 11.1. The Bertz CT molecular complexity index is 863. The number of rotatable bonds is 4. The average molecular weight is 333 g/mol. The standard InChI is InChI=1S/C17H14ClFN2O2/c18-12-5-2-1-4-10(12)15(22)9-21-17(23)11-8-20-14-7-3-6-13(19)16(11)14/h1-8,15,20,22H,9H2,(H,21,23). The number of fused-ring (bicyclic) bond motifs is 1. The first kappa shape index (κ1) is 15.5. The number of halogens is 2. The SMILES string of the molecule is O=C(NCC(O)c1ccccc1Cl)c1c[nH]c2cccc(F)c12. The number of hydrogen-bond donors (Lipinski definition) is 3. The van der Waals surface area contributed by atoms with Gasteiger partial charge in [0, 0.05) is 34.2 Å². The Morgan fingerprint density at radius 1 is 1.26 bits per heavy atom. The zero-order valence-corrected chi connectivity index (χ0v) is 12.8. The molecule has 118 valence electrons. The first-order valence-corrected chi connectivity index (χ1v) is 7.42. The molecule has 0 bridgehead atoms. The third kappa shape index (κ3) is 3.06. The van der Waals surface area contributed by atoms with E-state index in [-0.39, 0.29) is 17.5 Å². The molecule has 1 unspecified atom stereocenters. The van der Waals surface area contributed by atoms with Crippen LogP contribution in [0.1, 0.15) is 22.0 Å². The van der Waals surface area contributed by atoms with E-state index in [0.717, 1.165) is 0 Å². The fraction of sp³-hybridized carbons (Fsp3) is 0.118. The first-order valence-electron chi connectivity index (χ1n) is 7.04. The van der Waals surface area contributed by atoms with Crippen LogP contribution in [-0.2, 0) is 0 Å². The summed E-state index contributed by atoms with van der Waals surface area (Å²) in [4.78, 5) is 15.1. The second-order valence-corrected chi connectivity index (χ2v) is 5.52. The molecule has 1 atom stereocenters. The van der Waals surface area contributed by atoms with Crippen molar-refractivity contribution in [3.63, 3.8) is 0 Å². The monoisotopic (exact) mass is 332 g/mol. The summed E-state index contributed by atoms with van der Waals surface area (Å²) in [6, 6.07) is 11.4. The van der Waals surface area contributed by atoms with E-state index in [1.807, 2.05) is 0 Å². The van der Waals surface area contributed by atoms with Gasteiger partial charge in [0.25, 0.3) is 5.91 Å². The van der Waals surface area contributed by atoms with E-state index in [1.165, 1.54) is 12.3 Å². The maximum atomic E-state index is 13.9. The van der Waals surface area contributed by atoms with Gasteiger partial charge in [-0.05, 0) is 18.2 Å². The number of aromatic nitrogens is 1. The van der Waals surface area contributed by atoms with Gasteiger partial charge in [-0.1, -0.05) is 35.9 Å². The van der Waals surface area contributed by atoms with Crippen LogP contribution in [0.25, 0.3) is 10.9 Å². The fourth-order valence-electron chi connectivity index (χ4n) is 2.46. The highest BCUT2D eigenvalue weighted by atomic mass is 35.5. The Hall–Kier alpha value is -2.37. The molecule has 6 heteroatoms. The third-order valence-corrected chi connectivity index (χ3v) is 3.96. The van der Waals surface area contributed by atoms with Gasteiger partial charge >= 0.3 is 0 Å². The molecule has 3 N–H and O–H groups in total. The Morgan fingerprint density at radius 3 is 2.83 bits per heavy atom. The van der Waals surface area contributed by atoms with Crippen LogP contribution >= 0.6 is 11.6 Å². The van der Waals surface area contributed by atoms with Crippen LogP contribution in [0.5, 0.6) is 0 Å². The number of H-pyrrole nitrogens is 1. The van der Waals surface area contributed by atoms with Crippen molar-refractivity contribution < 1.29 is 14.3 Å². The second-order valence-electron chi connectivity index (χ2n) is 5.11. The highest BCUT2D eigenvalue weighted by Gasteiger charge is 2.17. The van der Waals surface area contributed by atoms with Crippen LogP contribution in [0.4, 0.5) is 4.39 Å². The highest BCUT2D eigenvalue weighted by Crippen LogP contribution is 2.23. The molecule has 4 nitrogen and oxygen atoms in total. The summed E-state index contributed by atoms with van der Waals surface area (Å²) in [5.74, 6) is -0.937. The maximum Gasteiger partial charge on any atom is 0.253 e. The van der Waals surface area contributed by atoms with E-state index in [9.17, 15) is 14.3 Å². The van der Waals surface area contributed by atoms with Crippen molar-refractivity contribution in [1.29, 1.82) is 0 Å². The molecule has 0 aliphatic heterocycles. The van der Waals surface area contributed by atoms with Crippen LogP contribution in [0.2, 0.25) is 5.02 Å². The summed E-state index contributed by atoms with van der Waals surface area (Å²) >= 11 is 6.01. The van der Waals surface area contributed by atoms with Gasteiger partial charge in [-0.3, -0.25) is 4.79 Å². The zero-order chi connectivity index (χ0) is 16.4. The van der Waals surface area contributed by atoms with E-state index in [2.05, 4.69) is 10.3 Å². The van der Waals surface area contributed by atoms with Crippen molar-refractivity contribution in [2.75, 3.05) is 6.54 Å². The highest BCUT2D eigenvalue weighted by molar-refractivity contribution is 6.31. The van der Waals surface area contributed by atoms with Crippen molar-refractivity contribution in [3.05, 3.63) is 70.6 Å². The van der Waals surface area contributed by atoms with E-state index >= 15 is 0 Å². The fourth-order valence-corrected chi connectivity index (χ4v) is 2.72. The lowest BCUT2D eigenvalue weighted by molar-refractivity contribution is 0.0918. The minimum Gasteiger partial charge on any atom is -0.387 e. The molecule has 1 aromatic heterocycles. The van der Waals surface area contributed by atoms with Crippen LogP contribution in [0, 0.1) is 5.82 Å². The number of aliphatic hydroxyl groups excluding tert-OH is 1. The Kier molecular flexibility index (Phi) is 4.32. The maximum absolute atomic E-state index is 13.9. The van der Waals surface area contributed by atoms with Crippen molar-refractivity contribution in [3.8, 4) is 0 Å². The summed E-state index contributed by atoms with van der Waals surface area (Å²) in [5, 5.41) is 13.4. The summed E-state index contributed by atoms with van der Waals surface area (Å²) < 4.78 is 13.9. The summed E-state index contributed by atoms with van der Waals surface area (Å²) in [7, 11) is 0. The number of hydrogen-bond acceptors (Lipinski definition) is 2. The lowest BCUT2D eigenvalue weighted by Crippen LogP contribution is -2.28. The van der Waals surface area contributed by atoms with E-state index in [1.54, 1.807) is 36.4 Å². The van der Waals surface area contributed by atoms with Crippen LogP contribution in [0.3, 0.4) is 0 Å². The van der Waals surface area contributed by atoms with Gasteiger partial charge in [-0.25, -0.2) is 4.39 Å². The molecule has 0 fully saturated rings. The molecule has 0 aliphatic carbocycles. The van der Waals surface area contributed by atoms with E-state index < -0.39 is 17.8 Å². The van der Waals surface area contributed by atoms with Gasteiger partial charge in [0.2, 0.25) is 0 Å². The Morgan fingerprint density at radius 2 is 2.04 bits per heavy atom. The molecule has 1 amide bonds. The van der Waals surface area contributed by atoms with Crippen molar-refractivity contribution >= 4 is 28.4 Å². The van der Waals surface area contributed by atoms with E-state index in [4.69, 9.17) is 11.6 Å². The van der Waals surface area contributed by atoms with Gasteiger partial charge in [0.05, 0.1) is 11.7 Å². The van der Waals surface area contributed by atoms with Gasteiger partial charge in [0.15, 0.2) is 0 Å². The predicted molar refractivity (Wildman–Crippen MR) is 87.0 cm³/mol. The van der Waals surface area contributed by atoms with Crippen molar-refractivity contribution in [2.45, 2.75) is 6.10 Å². The normalized spacial score (nSPS) is 12.3. The van der Waals surface area contributed by atoms with Gasteiger partial charge in [0.1, 0.15) is 5.82 Å². The van der Waals surface area contributed by atoms with Crippen molar-refractivity contribution in [2.24, 2.45) is 0 Å². The predicted octanol–water partition coefficient (Wildman–Crippen LogP) is 3.42. The Labute approximate surface area is 136 Å². The molecule has 0 aliphatic rings. The van der Waals surface area contributed by atoms with Crippen LogP contribution < -0.4 is 5.32 Å². The molecular weight excluding hydrogens is 319 g/mol. The number of nitrogens with one attached hydrogen (secondary N) is 2. The number of amides is 1. The molecule has 2 aromatic carbocycles. The molecule has 3 aromatic rings. The van der Waals surface area contributed by atoms with Gasteiger partial charge in [-0.15, -0.1) is 0 Å². The topological polar surface area (TPSA) is 65.1 Å². The minimum absolute atomic E-state index is 0.0241. The van der Waals surface area contributed by atoms with Gasteiger partial charge < -0.3 is 15.4 Å². The third-order valence-electron chi connectivity index (χ3n) is 3.62. The van der Waals surface area contributed by atoms with Crippen LogP contribution in [-0.4, -0.2) is 22.5 Å². The molecule has 0 saturated carbocycles. The number of benzene rings is 2. The summed E-state index contributed by atoms with van der Waals surface area (Å²) in [5.41, 5.74) is 1.27. The summed E-state index contributed by atoms with van der Waals surface area (Å²) in [6.07, 6.45) is 0.507. The minimum atomic E-state index is -0.942. The van der Waals surface area contributed by atoms with Crippen molar-refractivity contribution in [1.82, 2.24) is 10.3 Å². The number of aromatic amines is 1. The molecule has 1 heterocycles. The second kappa shape index (κ2) is 6.40. The molecule has 0 radical (unpaired) electrons. The van der Waals surface area contributed by atoms with Crippen LogP contribution in [0.15, 0.2) is 48.7 Å². The van der Waals surface area contributed by atoms with E-state index in [0.29, 0.717) is 16.1 Å². The number of carbonyl (C=O) groups is 1. The summed E-state index contributed by atoms with van der Waals surface area (Å²) in [6.45, 7) is -0.0241. The quantitative estimate of drug-likeness (QED) is 0.685. The number of aliphatic hydroxyl groups is 1.